The number of benzene rings is 1. The standard InChI is InChI=1S/C14H17NO2S2/c1-3-19(16,17)14-8-5-12(6-9-14)15-10-13-7-4-11(2)18-13/h4-9,15H,3,10H2,1-2H3. The number of aryl methyl sites for hydroxylation is 1. The van der Waals surface area contributed by atoms with E-state index in [1.165, 1.54) is 9.75 Å². The van der Waals surface area contributed by atoms with E-state index < -0.39 is 9.84 Å². The second kappa shape index (κ2) is 5.75. The van der Waals surface area contributed by atoms with E-state index >= 15 is 0 Å². The number of hydrogen-bond donors (Lipinski definition) is 1. The molecule has 0 atom stereocenters. The van der Waals surface area contributed by atoms with Crippen LogP contribution in [0.4, 0.5) is 5.69 Å². The van der Waals surface area contributed by atoms with Crippen LogP contribution in [0.3, 0.4) is 0 Å². The third kappa shape index (κ3) is 3.58. The molecule has 19 heavy (non-hydrogen) atoms. The van der Waals surface area contributed by atoms with E-state index in [-0.39, 0.29) is 5.75 Å². The lowest BCUT2D eigenvalue weighted by Crippen LogP contribution is -2.04. The smallest absolute Gasteiger partial charge is 0.178 e. The molecule has 0 unspecified atom stereocenters. The summed E-state index contributed by atoms with van der Waals surface area (Å²) in [6.45, 7) is 4.50. The van der Waals surface area contributed by atoms with Crippen LogP contribution in [0.5, 0.6) is 0 Å². The predicted octanol–water partition coefficient (Wildman–Crippen LogP) is 3.46. The molecule has 0 spiro atoms. The normalized spacial score (nSPS) is 11.5. The Morgan fingerprint density at radius 3 is 2.32 bits per heavy atom. The number of anilines is 1. The molecule has 1 aromatic heterocycles. The van der Waals surface area contributed by atoms with Crippen molar-refractivity contribution in [3.05, 3.63) is 46.2 Å². The highest BCUT2D eigenvalue weighted by molar-refractivity contribution is 7.91. The molecule has 0 saturated carbocycles. The summed E-state index contributed by atoms with van der Waals surface area (Å²) in [4.78, 5) is 2.94. The minimum Gasteiger partial charge on any atom is -0.380 e. The van der Waals surface area contributed by atoms with Gasteiger partial charge in [-0.05, 0) is 43.3 Å². The van der Waals surface area contributed by atoms with Gasteiger partial charge in [0.05, 0.1) is 10.6 Å². The summed E-state index contributed by atoms with van der Waals surface area (Å²) in [5.41, 5.74) is 0.932. The fourth-order valence-electron chi connectivity index (χ4n) is 1.72. The van der Waals surface area contributed by atoms with Gasteiger partial charge in [-0.2, -0.15) is 0 Å². The van der Waals surface area contributed by atoms with Gasteiger partial charge in [0, 0.05) is 22.0 Å². The molecule has 1 heterocycles. The highest BCUT2D eigenvalue weighted by Crippen LogP contribution is 2.19. The fraction of sp³-hybridized carbons (Fsp3) is 0.286. The van der Waals surface area contributed by atoms with Crippen LogP contribution in [0, 0.1) is 6.92 Å². The Morgan fingerprint density at radius 1 is 1.11 bits per heavy atom. The molecule has 0 saturated heterocycles. The Kier molecular flexibility index (Phi) is 4.27. The van der Waals surface area contributed by atoms with Gasteiger partial charge in [0.25, 0.3) is 0 Å². The van der Waals surface area contributed by atoms with Gasteiger partial charge in [-0.15, -0.1) is 11.3 Å². The molecule has 0 radical (unpaired) electrons. The van der Waals surface area contributed by atoms with Gasteiger partial charge in [0.2, 0.25) is 0 Å². The summed E-state index contributed by atoms with van der Waals surface area (Å²) in [6, 6.07) is 11.1. The maximum Gasteiger partial charge on any atom is 0.178 e. The molecular formula is C14H17NO2S2. The zero-order valence-electron chi connectivity index (χ0n) is 11.0. The molecular weight excluding hydrogens is 278 g/mol. The van der Waals surface area contributed by atoms with E-state index in [0.29, 0.717) is 4.90 Å². The van der Waals surface area contributed by atoms with Crippen molar-refractivity contribution >= 4 is 26.9 Å². The summed E-state index contributed by atoms with van der Waals surface area (Å²) in [5, 5.41) is 3.29. The van der Waals surface area contributed by atoms with Gasteiger partial charge in [0.15, 0.2) is 9.84 Å². The van der Waals surface area contributed by atoms with Crippen LogP contribution in [0.15, 0.2) is 41.3 Å². The Bertz CT molecular complexity index is 642. The Morgan fingerprint density at radius 2 is 1.79 bits per heavy atom. The van der Waals surface area contributed by atoms with Crippen molar-refractivity contribution in [2.45, 2.75) is 25.3 Å². The van der Waals surface area contributed by atoms with Gasteiger partial charge >= 0.3 is 0 Å². The van der Waals surface area contributed by atoms with E-state index in [4.69, 9.17) is 0 Å². The zero-order valence-corrected chi connectivity index (χ0v) is 12.6. The van der Waals surface area contributed by atoms with Crippen molar-refractivity contribution in [2.75, 3.05) is 11.1 Å². The van der Waals surface area contributed by atoms with Crippen molar-refractivity contribution in [1.29, 1.82) is 0 Å². The number of thiophene rings is 1. The molecule has 1 aromatic carbocycles. The second-order valence-corrected chi connectivity index (χ2v) is 7.94. The summed E-state index contributed by atoms with van der Waals surface area (Å²) >= 11 is 1.76. The fourth-order valence-corrected chi connectivity index (χ4v) is 3.43. The molecule has 2 aromatic rings. The SMILES string of the molecule is CCS(=O)(=O)c1ccc(NCc2ccc(C)s2)cc1. The van der Waals surface area contributed by atoms with E-state index in [1.807, 2.05) is 12.1 Å². The van der Waals surface area contributed by atoms with Crippen LogP contribution >= 0.6 is 11.3 Å². The summed E-state index contributed by atoms with van der Waals surface area (Å²) in [6.07, 6.45) is 0. The second-order valence-electron chi connectivity index (χ2n) is 4.29. The lowest BCUT2D eigenvalue weighted by molar-refractivity contribution is 0.597. The van der Waals surface area contributed by atoms with Crippen LogP contribution < -0.4 is 5.32 Å². The van der Waals surface area contributed by atoms with Crippen LogP contribution in [0.1, 0.15) is 16.7 Å². The molecule has 1 N–H and O–H groups in total. The van der Waals surface area contributed by atoms with Crippen molar-refractivity contribution in [2.24, 2.45) is 0 Å². The lowest BCUT2D eigenvalue weighted by atomic mass is 10.3. The number of nitrogens with one attached hydrogen (secondary N) is 1. The van der Waals surface area contributed by atoms with Gasteiger partial charge in [-0.3, -0.25) is 0 Å². The van der Waals surface area contributed by atoms with Gasteiger partial charge < -0.3 is 5.32 Å². The van der Waals surface area contributed by atoms with E-state index in [9.17, 15) is 8.42 Å². The lowest BCUT2D eigenvalue weighted by Gasteiger charge is -2.06. The number of sulfone groups is 1. The van der Waals surface area contributed by atoms with E-state index in [1.54, 1.807) is 30.4 Å². The molecule has 0 fully saturated rings. The maximum atomic E-state index is 11.7. The number of hydrogen-bond acceptors (Lipinski definition) is 4. The molecule has 0 aliphatic rings. The van der Waals surface area contributed by atoms with Crippen LogP contribution in [0.25, 0.3) is 0 Å². The summed E-state index contributed by atoms with van der Waals surface area (Å²) < 4.78 is 23.4. The van der Waals surface area contributed by atoms with Crippen molar-refractivity contribution in [3.63, 3.8) is 0 Å². The minimum absolute atomic E-state index is 0.133. The minimum atomic E-state index is -3.10. The molecule has 0 bridgehead atoms. The van der Waals surface area contributed by atoms with E-state index in [2.05, 4.69) is 24.4 Å². The molecule has 2 rings (SSSR count). The van der Waals surface area contributed by atoms with Crippen LogP contribution in [-0.4, -0.2) is 14.2 Å². The molecule has 102 valence electrons. The topological polar surface area (TPSA) is 46.2 Å². The quantitative estimate of drug-likeness (QED) is 0.919. The Hall–Kier alpha value is -1.33. The number of rotatable bonds is 5. The van der Waals surface area contributed by atoms with Gasteiger partial charge in [0.1, 0.15) is 0 Å². The van der Waals surface area contributed by atoms with E-state index in [0.717, 1.165) is 12.2 Å². The first kappa shape index (κ1) is 14.1. The third-order valence-electron chi connectivity index (χ3n) is 2.86. The molecule has 0 amide bonds. The maximum absolute atomic E-state index is 11.7. The van der Waals surface area contributed by atoms with Gasteiger partial charge in [-0.25, -0.2) is 8.42 Å². The third-order valence-corrected chi connectivity index (χ3v) is 5.61. The first-order valence-electron chi connectivity index (χ1n) is 6.13. The molecule has 0 aliphatic heterocycles. The Balaban J connectivity index is 2.03. The molecule has 5 heteroatoms. The Labute approximate surface area is 118 Å². The zero-order chi connectivity index (χ0) is 13.9. The van der Waals surface area contributed by atoms with Crippen LogP contribution in [0.2, 0.25) is 0 Å². The van der Waals surface area contributed by atoms with Crippen molar-refractivity contribution < 1.29 is 8.42 Å². The highest BCUT2D eigenvalue weighted by Gasteiger charge is 2.10. The van der Waals surface area contributed by atoms with Gasteiger partial charge in [-0.1, -0.05) is 6.92 Å². The first-order valence-corrected chi connectivity index (χ1v) is 8.60. The van der Waals surface area contributed by atoms with Crippen molar-refractivity contribution in [3.8, 4) is 0 Å². The molecule has 3 nitrogen and oxygen atoms in total. The average Bonchev–Trinajstić information content (AvgIpc) is 2.83. The molecule has 0 aliphatic carbocycles. The summed E-state index contributed by atoms with van der Waals surface area (Å²) in [7, 11) is -3.10. The average molecular weight is 295 g/mol. The predicted molar refractivity (Wildman–Crippen MR) is 80.6 cm³/mol. The summed E-state index contributed by atoms with van der Waals surface area (Å²) in [5.74, 6) is 0.133. The monoisotopic (exact) mass is 295 g/mol. The largest absolute Gasteiger partial charge is 0.380 e. The highest BCUT2D eigenvalue weighted by atomic mass is 32.2. The van der Waals surface area contributed by atoms with Crippen molar-refractivity contribution in [1.82, 2.24) is 0 Å². The first-order chi connectivity index (χ1) is 9.01. The van der Waals surface area contributed by atoms with Crippen LogP contribution in [-0.2, 0) is 16.4 Å².